The highest BCUT2D eigenvalue weighted by atomic mass is 32.2. The van der Waals surface area contributed by atoms with Gasteiger partial charge in [0.05, 0.1) is 23.3 Å². The maximum Gasteiger partial charge on any atom is 0.238 e. The van der Waals surface area contributed by atoms with Crippen molar-refractivity contribution in [3.63, 3.8) is 0 Å². The number of ether oxygens (including phenoxy) is 1. The number of hydrogen-bond acceptors (Lipinski definition) is 9. The maximum atomic E-state index is 12.9. The summed E-state index contributed by atoms with van der Waals surface area (Å²) in [7, 11) is 0. The van der Waals surface area contributed by atoms with Gasteiger partial charge in [-0.1, -0.05) is 42.1 Å². The fourth-order valence-corrected chi connectivity index (χ4v) is 6.92. The second-order valence-electron chi connectivity index (χ2n) is 9.86. The summed E-state index contributed by atoms with van der Waals surface area (Å²) in [5.41, 5.74) is 4.87. The molecule has 0 spiro atoms. The normalized spacial score (nSPS) is 14.4. The smallest absolute Gasteiger partial charge is 0.238 e. The van der Waals surface area contributed by atoms with Crippen molar-refractivity contribution in [2.24, 2.45) is 0 Å². The minimum absolute atomic E-state index is 0.0174. The average molecular weight is 609 g/mol. The van der Waals surface area contributed by atoms with Crippen LogP contribution in [0.15, 0.2) is 69.7 Å². The second-order valence-corrected chi connectivity index (χ2v) is 12.6. The first-order valence-electron chi connectivity index (χ1n) is 13.6. The molecule has 0 radical (unpaired) electrons. The van der Waals surface area contributed by atoms with E-state index in [-0.39, 0.29) is 5.91 Å². The Bertz CT molecular complexity index is 1430. The lowest BCUT2D eigenvalue weighted by molar-refractivity contribution is -0.117. The van der Waals surface area contributed by atoms with E-state index in [0.29, 0.717) is 13.2 Å². The number of amides is 1. The number of thioether (sulfide) groups is 3. The molecule has 4 aromatic rings. The molecule has 0 atom stereocenters. The molecule has 1 saturated heterocycles. The van der Waals surface area contributed by atoms with Crippen LogP contribution in [0, 0.1) is 6.92 Å². The summed E-state index contributed by atoms with van der Waals surface area (Å²) in [6.45, 7) is 7.57. The third-order valence-corrected chi connectivity index (χ3v) is 9.21. The fourth-order valence-electron chi connectivity index (χ4n) is 4.73. The van der Waals surface area contributed by atoms with Gasteiger partial charge in [0.25, 0.3) is 0 Å². The van der Waals surface area contributed by atoms with E-state index in [0.717, 1.165) is 87.3 Å². The van der Waals surface area contributed by atoms with Gasteiger partial charge in [0, 0.05) is 55.1 Å². The lowest BCUT2D eigenvalue weighted by Crippen LogP contribution is -2.49. The maximum absolute atomic E-state index is 12.9. The van der Waals surface area contributed by atoms with E-state index in [1.54, 1.807) is 35.3 Å². The average Bonchev–Trinajstić information content (AvgIpc) is 3.40. The van der Waals surface area contributed by atoms with Crippen molar-refractivity contribution in [1.82, 2.24) is 24.8 Å². The van der Waals surface area contributed by atoms with E-state index in [2.05, 4.69) is 37.2 Å². The number of nitrogens with zero attached hydrogens (tertiary/aromatic N) is 4. The number of aryl methyl sites for hydroxylation is 1. The number of aromatic nitrogens is 3. The molecule has 0 aliphatic carbocycles. The van der Waals surface area contributed by atoms with Gasteiger partial charge in [-0.3, -0.25) is 14.6 Å². The Kier molecular flexibility index (Phi) is 10.5. The van der Waals surface area contributed by atoms with Crippen LogP contribution in [0.4, 0.5) is 5.69 Å². The highest BCUT2D eigenvalue weighted by Crippen LogP contribution is 2.33. The number of carbonyl (C=O) groups is 1. The molecular formula is C30H36N6O2S3. The molecule has 2 aromatic carbocycles. The largest absolute Gasteiger partial charge is 0.489 e. The molecule has 8 nitrogen and oxygen atoms in total. The number of imidazole rings is 1. The Morgan fingerprint density at radius 1 is 1.00 bits per heavy atom. The van der Waals surface area contributed by atoms with Gasteiger partial charge in [0.15, 0.2) is 5.16 Å². The summed E-state index contributed by atoms with van der Waals surface area (Å²) in [6, 6.07) is 18.2. The molecule has 216 valence electrons. The molecule has 0 unspecified atom stereocenters. The minimum atomic E-state index is 0.0174. The van der Waals surface area contributed by atoms with E-state index >= 15 is 0 Å². The topological polar surface area (TPSA) is 86.4 Å². The quantitative estimate of drug-likeness (QED) is 0.199. The number of carbonyl (C=O) groups excluding carboxylic acids is 1. The van der Waals surface area contributed by atoms with Crippen molar-refractivity contribution in [3.05, 3.63) is 65.9 Å². The highest BCUT2D eigenvalue weighted by Gasteiger charge is 2.21. The van der Waals surface area contributed by atoms with Crippen LogP contribution in [-0.2, 0) is 11.4 Å². The van der Waals surface area contributed by atoms with Crippen LogP contribution in [0.3, 0.4) is 0 Å². The van der Waals surface area contributed by atoms with Crippen LogP contribution >= 0.6 is 35.3 Å². The standard InChI is InChI=1S/C30H36N6O2S3/c1-21-17-26(39-2)28(29(31-21)40-3)34-27(37)19-36-13-11-35(12-14-36)15-16-41-30-32-24-10-9-23(18-25(24)33-30)38-20-22-7-5-4-6-8-22/h4-10,17-18H,11-16,19-20H2,1-3H3,(H,32,33)(H,34,37). The van der Waals surface area contributed by atoms with Gasteiger partial charge in [0.1, 0.15) is 17.4 Å². The van der Waals surface area contributed by atoms with Crippen LogP contribution in [0.1, 0.15) is 11.3 Å². The predicted octanol–water partition coefficient (Wildman–Crippen LogP) is 5.64. The van der Waals surface area contributed by atoms with E-state index in [9.17, 15) is 4.79 Å². The first-order chi connectivity index (χ1) is 20.0. The molecule has 5 rings (SSSR count). The summed E-state index contributed by atoms with van der Waals surface area (Å²) in [5.74, 6) is 1.80. The van der Waals surface area contributed by atoms with E-state index in [4.69, 9.17) is 9.72 Å². The third-order valence-electron chi connectivity index (χ3n) is 6.91. The van der Waals surface area contributed by atoms with Crippen molar-refractivity contribution < 1.29 is 9.53 Å². The van der Waals surface area contributed by atoms with Crippen LogP contribution in [0.5, 0.6) is 5.75 Å². The van der Waals surface area contributed by atoms with Crippen LogP contribution < -0.4 is 10.1 Å². The Labute approximate surface area is 254 Å². The number of anilines is 1. The van der Waals surface area contributed by atoms with E-state index < -0.39 is 0 Å². The van der Waals surface area contributed by atoms with Gasteiger partial charge in [-0.15, -0.1) is 23.5 Å². The molecule has 3 heterocycles. The SMILES string of the molecule is CSc1cc(C)nc(SC)c1NC(=O)CN1CCN(CCSc2nc3ccc(OCc4ccccc4)cc3[nH]2)CC1. The van der Waals surface area contributed by atoms with Crippen LogP contribution in [0.25, 0.3) is 11.0 Å². The summed E-state index contributed by atoms with van der Waals surface area (Å²) < 4.78 is 5.96. The number of H-pyrrole nitrogens is 1. The van der Waals surface area contributed by atoms with Gasteiger partial charge < -0.3 is 15.0 Å². The summed E-state index contributed by atoms with van der Waals surface area (Å²) in [5, 5.41) is 4.92. The van der Waals surface area contributed by atoms with Crippen molar-refractivity contribution in [2.75, 3.05) is 62.8 Å². The summed E-state index contributed by atoms with van der Waals surface area (Å²) in [6.07, 6.45) is 4.02. The highest BCUT2D eigenvalue weighted by molar-refractivity contribution is 7.99. The minimum Gasteiger partial charge on any atom is -0.489 e. The Hall–Kier alpha value is -2.70. The first-order valence-corrected chi connectivity index (χ1v) is 17.1. The van der Waals surface area contributed by atoms with Crippen molar-refractivity contribution in [2.45, 2.75) is 28.6 Å². The number of aromatic amines is 1. The number of rotatable bonds is 12. The fraction of sp³-hybridized carbons (Fsp3) is 0.367. The zero-order chi connectivity index (χ0) is 28.6. The van der Waals surface area contributed by atoms with Crippen LogP contribution in [0.2, 0.25) is 0 Å². The monoisotopic (exact) mass is 608 g/mol. The zero-order valence-electron chi connectivity index (χ0n) is 23.7. The van der Waals surface area contributed by atoms with Gasteiger partial charge in [-0.2, -0.15) is 0 Å². The molecule has 2 aromatic heterocycles. The number of nitrogens with one attached hydrogen (secondary N) is 2. The zero-order valence-corrected chi connectivity index (χ0v) is 26.1. The Morgan fingerprint density at radius 2 is 1.78 bits per heavy atom. The molecule has 1 fully saturated rings. The number of hydrogen-bond donors (Lipinski definition) is 2. The van der Waals surface area contributed by atoms with E-state index in [1.165, 1.54) is 0 Å². The summed E-state index contributed by atoms with van der Waals surface area (Å²) >= 11 is 4.94. The molecule has 2 N–H and O–H groups in total. The molecular weight excluding hydrogens is 573 g/mol. The van der Waals surface area contributed by atoms with E-state index in [1.807, 2.05) is 61.9 Å². The summed E-state index contributed by atoms with van der Waals surface area (Å²) in [4.78, 5) is 31.4. The molecule has 41 heavy (non-hydrogen) atoms. The van der Waals surface area contributed by atoms with Gasteiger partial charge in [-0.05, 0) is 43.2 Å². The van der Waals surface area contributed by atoms with Crippen molar-refractivity contribution in [3.8, 4) is 5.75 Å². The van der Waals surface area contributed by atoms with Crippen molar-refractivity contribution in [1.29, 1.82) is 0 Å². The molecule has 11 heteroatoms. The molecule has 0 bridgehead atoms. The van der Waals surface area contributed by atoms with Crippen molar-refractivity contribution >= 4 is 57.9 Å². The van der Waals surface area contributed by atoms with Gasteiger partial charge in [0.2, 0.25) is 5.91 Å². The molecule has 1 amide bonds. The van der Waals surface area contributed by atoms with Gasteiger partial charge >= 0.3 is 0 Å². The number of benzene rings is 2. The molecule has 0 saturated carbocycles. The number of pyridine rings is 1. The number of fused-ring (bicyclic) bond motifs is 1. The molecule has 1 aliphatic heterocycles. The van der Waals surface area contributed by atoms with Crippen LogP contribution in [-0.4, -0.2) is 88.2 Å². The Balaban J connectivity index is 1.04. The lowest BCUT2D eigenvalue weighted by Gasteiger charge is -2.34. The Morgan fingerprint density at radius 3 is 2.54 bits per heavy atom. The lowest BCUT2D eigenvalue weighted by atomic mass is 10.2. The second kappa shape index (κ2) is 14.5. The van der Waals surface area contributed by atoms with Gasteiger partial charge in [-0.25, -0.2) is 9.97 Å². The predicted molar refractivity (Wildman–Crippen MR) is 172 cm³/mol. The molecule has 1 aliphatic rings. The first kappa shape index (κ1) is 29.8. The number of piperazine rings is 1. The third kappa shape index (κ3) is 8.20.